The molecule has 0 amide bonds. The van der Waals surface area contributed by atoms with Gasteiger partial charge in [-0.25, -0.2) is 9.18 Å². The van der Waals surface area contributed by atoms with E-state index < -0.39 is 11.8 Å². The summed E-state index contributed by atoms with van der Waals surface area (Å²) in [7, 11) is 0. The number of aromatic carboxylic acids is 1. The van der Waals surface area contributed by atoms with Crippen molar-refractivity contribution in [3.63, 3.8) is 0 Å². The zero-order valence-corrected chi connectivity index (χ0v) is 10.2. The molecule has 0 aliphatic carbocycles. The van der Waals surface area contributed by atoms with Crippen LogP contribution < -0.4 is 4.74 Å². The van der Waals surface area contributed by atoms with E-state index in [1.54, 1.807) is 0 Å². The maximum absolute atomic E-state index is 13.5. The van der Waals surface area contributed by atoms with E-state index in [1.807, 2.05) is 6.07 Å². The van der Waals surface area contributed by atoms with E-state index in [0.717, 1.165) is 0 Å². The predicted molar refractivity (Wildman–Crippen MR) is 66.6 cm³/mol. The molecule has 0 saturated heterocycles. The minimum Gasteiger partial charge on any atom is -0.486 e. The van der Waals surface area contributed by atoms with Gasteiger partial charge in [-0.1, -0.05) is 0 Å². The van der Waals surface area contributed by atoms with Gasteiger partial charge in [0.2, 0.25) is 0 Å². The van der Waals surface area contributed by atoms with Crippen LogP contribution in [-0.4, -0.2) is 16.1 Å². The van der Waals surface area contributed by atoms with Crippen LogP contribution in [0.25, 0.3) is 0 Å². The quantitative estimate of drug-likeness (QED) is 0.923. The van der Waals surface area contributed by atoms with Crippen LogP contribution in [0, 0.1) is 17.1 Å². The number of halogens is 1. The molecule has 0 atom stereocenters. The van der Waals surface area contributed by atoms with E-state index in [2.05, 4.69) is 4.98 Å². The van der Waals surface area contributed by atoms with Gasteiger partial charge in [0, 0.05) is 11.8 Å². The van der Waals surface area contributed by atoms with E-state index >= 15 is 0 Å². The number of rotatable bonds is 4. The van der Waals surface area contributed by atoms with Gasteiger partial charge in [0.05, 0.1) is 17.8 Å². The Labute approximate surface area is 113 Å². The molecule has 0 spiro atoms. The van der Waals surface area contributed by atoms with Crippen molar-refractivity contribution < 1.29 is 19.0 Å². The summed E-state index contributed by atoms with van der Waals surface area (Å²) in [5.74, 6) is -1.64. The molecule has 100 valence electrons. The van der Waals surface area contributed by atoms with Crippen LogP contribution in [0.4, 0.5) is 4.39 Å². The Hall–Kier alpha value is -2.94. The number of ether oxygens (including phenoxy) is 1. The van der Waals surface area contributed by atoms with Crippen LogP contribution in [-0.2, 0) is 6.61 Å². The lowest BCUT2D eigenvalue weighted by atomic mass is 10.1. The van der Waals surface area contributed by atoms with Crippen LogP contribution >= 0.6 is 0 Å². The molecule has 0 bridgehead atoms. The van der Waals surface area contributed by atoms with Gasteiger partial charge in [-0.05, 0) is 24.3 Å². The number of aromatic nitrogens is 1. The first kappa shape index (κ1) is 13.5. The largest absolute Gasteiger partial charge is 0.486 e. The summed E-state index contributed by atoms with van der Waals surface area (Å²) in [5, 5.41) is 17.7. The summed E-state index contributed by atoms with van der Waals surface area (Å²) >= 11 is 0. The molecule has 2 aromatic rings. The number of hydrogen-bond donors (Lipinski definition) is 1. The summed E-state index contributed by atoms with van der Waals surface area (Å²) in [5.41, 5.74) is 0.413. The molecule has 20 heavy (non-hydrogen) atoms. The molecule has 0 radical (unpaired) electrons. The minimum absolute atomic E-state index is 0.0433. The molecule has 0 unspecified atom stereocenters. The Morgan fingerprint density at radius 3 is 2.95 bits per heavy atom. The normalized spacial score (nSPS) is 9.80. The van der Waals surface area contributed by atoms with Crippen molar-refractivity contribution in [3.05, 3.63) is 59.2 Å². The Kier molecular flexibility index (Phi) is 3.91. The van der Waals surface area contributed by atoms with E-state index in [0.29, 0.717) is 5.56 Å². The second-order valence-corrected chi connectivity index (χ2v) is 3.88. The fraction of sp³-hybridized carbons (Fsp3) is 0.0714. The van der Waals surface area contributed by atoms with Crippen molar-refractivity contribution in [1.82, 2.24) is 4.98 Å². The number of nitriles is 1. The average molecular weight is 272 g/mol. The topological polar surface area (TPSA) is 83.2 Å². The molecule has 1 aromatic carbocycles. The lowest BCUT2D eigenvalue weighted by Gasteiger charge is -2.09. The number of nitrogens with zero attached hydrogens (tertiary/aromatic N) is 2. The summed E-state index contributed by atoms with van der Waals surface area (Å²) in [6, 6.07) is 7.06. The first-order valence-corrected chi connectivity index (χ1v) is 5.60. The summed E-state index contributed by atoms with van der Waals surface area (Å²) in [6.45, 7) is -0.187. The number of benzene rings is 1. The number of carboxylic acids is 1. The highest BCUT2D eigenvalue weighted by Crippen LogP contribution is 2.19. The number of hydrogen-bond acceptors (Lipinski definition) is 4. The fourth-order valence-electron chi connectivity index (χ4n) is 1.58. The maximum Gasteiger partial charge on any atom is 0.339 e. The van der Waals surface area contributed by atoms with Gasteiger partial charge >= 0.3 is 5.97 Å². The highest BCUT2D eigenvalue weighted by molar-refractivity contribution is 5.90. The Balaban J connectivity index is 2.21. The number of carboxylic acid groups (broad SMARTS) is 1. The van der Waals surface area contributed by atoms with Gasteiger partial charge < -0.3 is 9.84 Å². The van der Waals surface area contributed by atoms with Crippen LogP contribution in [0.3, 0.4) is 0 Å². The highest BCUT2D eigenvalue weighted by Gasteiger charge is 2.12. The van der Waals surface area contributed by atoms with E-state index in [-0.39, 0.29) is 23.5 Å². The summed E-state index contributed by atoms with van der Waals surface area (Å²) < 4.78 is 18.8. The van der Waals surface area contributed by atoms with Crippen molar-refractivity contribution in [2.45, 2.75) is 6.61 Å². The maximum atomic E-state index is 13.5. The lowest BCUT2D eigenvalue weighted by Crippen LogP contribution is -2.05. The third kappa shape index (κ3) is 2.90. The summed E-state index contributed by atoms with van der Waals surface area (Å²) in [6.07, 6.45) is 2.57. The first-order chi connectivity index (χ1) is 9.61. The second kappa shape index (κ2) is 5.80. The Morgan fingerprint density at radius 2 is 2.25 bits per heavy atom. The highest BCUT2D eigenvalue weighted by atomic mass is 19.1. The van der Waals surface area contributed by atoms with Crippen molar-refractivity contribution >= 4 is 5.97 Å². The molecule has 0 aliphatic rings. The van der Waals surface area contributed by atoms with Gasteiger partial charge in [0.1, 0.15) is 18.0 Å². The predicted octanol–water partition coefficient (Wildman–Crippen LogP) is 2.37. The van der Waals surface area contributed by atoms with Crippen molar-refractivity contribution in [2.24, 2.45) is 0 Å². The third-order valence-electron chi connectivity index (χ3n) is 2.57. The molecular formula is C14H9FN2O3. The first-order valence-electron chi connectivity index (χ1n) is 5.60. The molecule has 2 rings (SSSR count). The van der Waals surface area contributed by atoms with Gasteiger partial charge in [0.25, 0.3) is 0 Å². The zero-order chi connectivity index (χ0) is 14.5. The van der Waals surface area contributed by atoms with Gasteiger partial charge in [-0.15, -0.1) is 0 Å². The standard InChI is InChI=1S/C14H9FN2O3/c15-12-2-1-9(6-16)5-10(12)8-20-13-7-17-4-3-11(13)14(18)19/h1-5,7H,8H2,(H,18,19). The molecule has 6 heteroatoms. The average Bonchev–Trinajstić information content (AvgIpc) is 2.46. The van der Waals surface area contributed by atoms with Gasteiger partial charge in [0.15, 0.2) is 5.75 Å². The lowest BCUT2D eigenvalue weighted by molar-refractivity contribution is 0.0691. The molecule has 1 N–H and O–H groups in total. The van der Waals surface area contributed by atoms with Crippen molar-refractivity contribution in [1.29, 1.82) is 5.26 Å². The number of carbonyl (C=O) groups is 1. The van der Waals surface area contributed by atoms with Crippen molar-refractivity contribution in [3.8, 4) is 11.8 Å². The van der Waals surface area contributed by atoms with Gasteiger partial charge in [-0.2, -0.15) is 5.26 Å². The van der Waals surface area contributed by atoms with Crippen LogP contribution in [0.1, 0.15) is 21.5 Å². The third-order valence-corrected chi connectivity index (χ3v) is 2.57. The molecule has 0 fully saturated rings. The molecule has 0 aliphatic heterocycles. The van der Waals surface area contributed by atoms with Crippen molar-refractivity contribution in [2.75, 3.05) is 0 Å². The smallest absolute Gasteiger partial charge is 0.339 e. The SMILES string of the molecule is N#Cc1ccc(F)c(COc2cnccc2C(=O)O)c1. The summed E-state index contributed by atoms with van der Waals surface area (Å²) in [4.78, 5) is 14.7. The molecule has 1 heterocycles. The van der Waals surface area contributed by atoms with Crippen LogP contribution in [0.5, 0.6) is 5.75 Å². The Morgan fingerprint density at radius 1 is 1.45 bits per heavy atom. The molecule has 5 nitrogen and oxygen atoms in total. The van der Waals surface area contributed by atoms with E-state index in [4.69, 9.17) is 15.1 Å². The molecular weight excluding hydrogens is 263 g/mol. The van der Waals surface area contributed by atoms with E-state index in [1.165, 1.54) is 36.7 Å². The zero-order valence-electron chi connectivity index (χ0n) is 10.2. The minimum atomic E-state index is -1.16. The fourth-order valence-corrected chi connectivity index (χ4v) is 1.58. The molecule has 0 saturated carbocycles. The van der Waals surface area contributed by atoms with Gasteiger partial charge in [-0.3, -0.25) is 4.98 Å². The monoisotopic (exact) mass is 272 g/mol. The van der Waals surface area contributed by atoms with E-state index in [9.17, 15) is 9.18 Å². The molecule has 1 aromatic heterocycles. The van der Waals surface area contributed by atoms with Crippen LogP contribution in [0.2, 0.25) is 0 Å². The number of pyridine rings is 1. The van der Waals surface area contributed by atoms with Crippen LogP contribution in [0.15, 0.2) is 36.7 Å². The second-order valence-electron chi connectivity index (χ2n) is 3.88. The Bertz CT molecular complexity index is 695.